The summed E-state index contributed by atoms with van der Waals surface area (Å²) in [6.07, 6.45) is 3.49. The average molecular weight is 345 g/mol. The van der Waals surface area contributed by atoms with Gasteiger partial charge in [0, 0.05) is 11.8 Å². The molecule has 1 aromatic carbocycles. The Morgan fingerprint density at radius 1 is 1.40 bits per heavy atom. The monoisotopic (exact) mass is 345 g/mol. The molecule has 134 valence electrons. The number of benzene rings is 1. The van der Waals surface area contributed by atoms with Crippen LogP contribution in [0.1, 0.15) is 32.6 Å². The number of rotatable bonds is 4. The van der Waals surface area contributed by atoms with Crippen LogP contribution < -0.4 is 15.4 Å². The third kappa shape index (κ3) is 3.18. The predicted molar refractivity (Wildman–Crippen MR) is 92.2 cm³/mol. The third-order valence-corrected chi connectivity index (χ3v) is 5.16. The average Bonchev–Trinajstić information content (AvgIpc) is 2.83. The van der Waals surface area contributed by atoms with Gasteiger partial charge in [-0.1, -0.05) is 25.8 Å². The summed E-state index contributed by atoms with van der Waals surface area (Å²) in [5.74, 6) is -0.0188. The summed E-state index contributed by atoms with van der Waals surface area (Å²) in [6, 6.07) is 6.42. The Morgan fingerprint density at radius 2 is 2.20 bits per heavy atom. The van der Waals surface area contributed by atoms with Crippen LogP contribution >= 0.6 is 0 Å². The molecule has 0 aromatic heterocycles. The van der Waals surface area contributed by atoms with Crippen LogP contribution in [0, 0.1) is 5.92 Å². The lowest BCUT2D eigenvalue weighted by Gasteiger charge is -2.36. The van der Waals surface area contributed by atoms with E-state index in [2.05, 4.69) is 10.6 Å². The molecular formula is C18H23N3O4. The number of anilines is 1. The number of ether oxygens (including phenoxy) is 1. The third-order valence-electron chi connectivity index (χ3n) is 5.16. The molecule has 0 unspecified atom stereocenters. The molecule has 7 nitrogen and oxygen atoms in total. The van der Waals surface area contributed by atoms with Crippen LogP contribution in [0.25, 0.3) is 0 Å². The Labute approximate surface area is 146 Å². The van der Waals surface area contributed by atoms with Gasteiger partial charge in [0.25, 0.3) is 5.91 Å². The van der Waals surface area contributed by atoms with Crippen molar-refractivity contribution in [2.75, 3.05) is 19.0 Å². The zero-order valence-electron chi connectivity index (χ0n) is 14.5. The highest BCUT2D eigenvalue weighted by atomic mass is 16.5. The van der Waals surface area contributed by atoms with Gasteiger partial charge in [-0.2, -0.15) is 0 Å². The van der Waals surface area contributed by atoms with Crippen molar-refractivity contribution in [3.05, 3.63) is 24.3 Å². The van der Waals surface area contributed by atoms with E-state index >= 15 is 0 Å². The minimum atomic E-state index is -0.842. The van der Waals surface area contributed by atoms with E-state index in [1.54, 1.807) is 31.4 Å². The standard InChI is InChI=1S/C18H23N3O4/c1-12-6-3-4-9-18(12)16(23)21(17(24)20-18)11-15(22)19-13-7-5-8-14(10-13)25-2/h5,7-8,10,12H,3-4,6,9,11H2,1-2H3,(H,19,22)(H,20,24)/t12-,18-/m0/s1. The number of nitrogens with one attached hydrogen (secondary N) is 2. The molecule has 2 fully saturated rings. The second-order valence-electron chi connectivity index (χ2n) is 6.72. The van der Waals surface area contributed by atoms with Crippen molar-refractivity contribution in [1.29, 1.82) is 0 Å². The molecule has 1 saturated heterocycles. The van der Waals surface area contributed by atoms with Crippen LogP contribution in [0.4, 0.5) is 10.5 Å². The summed E-state index contributed by atoms with van der Waals surface area (Å²) >= 11 is 0. The van der Waals surface area contributed by atoms with Gasteiger partial charge in [0.05, 0.1) is 7.11 Å². The van der Waals surface area contributed by atoms with Gasteiger partial charge in [-0.25, -0.2) is 4.79 Å². The number of hydrogen-bond donors (Lipinski definition) is 2. The highest BCUT2D eigenvalue weighted by Crippen LogP contribution is 2.38. The van der Waals surface area contributed by atoms with Gasteiger partial charge < -0.3 is 15.4 Å². The van der Waals surface area contributed by atoms with Crippen molar-refractivity contribution in [3.63, 3.8) is 0 Å². The van der Waals surface area contributed by atoms with E-state index in [4.69, 9.17) is 4.74 Å². The van der Waals surface area contributed by atoms with Crippen molar-refractivity contribution in [2.24, 2.45) is 5.92 Å². The van der Waals surface area contributed by atoms with Crippen molar-refractivity contribution in [3.8, 4) is 5.75 Å². The van der Waals surface area contributed by atoms with E-state index in [0.717, 1.165) is 24.2 Å². The van der Waals surface area contributed by atoms with Crippen molar-refractivity contribution < 1.29 is 19.1 Å². The van der Waals surface area contributed by atoms with Gasteiger partial charge in [-0.3, -0.25) is 14.5 Å². The van der Waals surface area contributed by atoms with Crippen LogP contribution in [0.2, 0.25) is 0 Å². The minimum Gasteiger partial charge on any atom is -0.497 e. The van der Waals surface area contributed by atoms with Crippen molar-refractivity contribution in [2.45, 2.75) is 38.1 Å². The summed E-state index contributed by atoms with van der Waals surface area (Å²) in [4.78, 5) is 38.4. The maximum Gasteiger partial charge on any atom is 0.325 e. The first kappa shape index (κ1) is 17.3. The fourth-order valence-electron chi connectivity index (χ4n) is 3.68. The van der Waals surface area contributed by atoms with E-state index in [9.17, 15) is 14.4 Å². The largest absolute Gasteiger partial charge is 0.497 e. The highest BCUT2D eigenvalue weighted by Gasteiger charge is 2.55. The highest BCUT2D eigenvalue weighted by molar-refractivity contribution is 6.10. The Morgan fingerprint density at radius 3 is 2.92 bits per heavy atom. The van der Waals surface area contributed by atoms with Gasteiger partial charge in [-0.05, 0) is 30.9 Å². The van der Waals surface area contributed by atoms with E-state index in [-0.39, 0.29) is 18.4 Å². The van der Waals surface area contributed by atoms with E-state index < -0.39 is 17.5 Å². The Kier molecular flexibility index (Phi) is 4.65. The number of imide groups is 1. The Hall–Kier alpha value is -2.57. The minimum absolute atomic E-state index is 0.0733. The lowest BCUT2D eigenvalue weighted by Crippen LogP contribution is -2.54. The van der Waals surface area contributed by atoms with Gasteiger partial charge in [0.1, 0.15) is 17.8 Å². The zero-order chi connectivity index (χ0) is 18.0. The van der Waals surface area contributed by atoms with Crippen LogP contribution in [-0.2, 0) is 9.59 Å². The summed E-state index contributed by atoms with van der Waals surface area (Å²) in [7, 11) is 1.54. The molecule has 2 atom stereocenters. The fourth-order valence-corrected chi connectivity index (χ4v) is 3.68. The molecule has 7 heteroatoms. The molecular weight excluding hydrogens is 322 g/mol. The molecule has 1 aliphatic heterocycles. The van der Waals surface area contributed by atoms with Gasteiger partial charge >= 0.3 is 6.03 Å². The van der Waals surface area contributed by atoms with E-state index in [1.165, 1.54) is 0 Å². The molecule has 4 amide bonds. The number of urea groups is 1. The molecule has 1 aromatic rings. The molecule has 3 rings (SSSR count). The van der Waals surface area contributed by atoms with Gasteiger partial charge in [0.2, 0.25) is 5.91 Å². The van der Waals surface area contributed by atoms with Crippen LogP contribution in [0.15, 0.2) is 24.3 Å². The molecule has 25 heavy (non-hydrogen) atoms. The number of hydrogen-bond acceptors (Lipinski definition) is 4. The van der Waals surface area contributed by atoms with E-state index in [0.29, 0.717) is 17.9 Å². The van der Waals surface area contributed by atoms with Gasteiger partial charge in [0.15, 0.2) is 0 Å². The first-order chi connectivity index (χ1) is 12.0. The molecule has 0 bridgehead atoms. The Balaban J connectivity index is 1.68. The molecule has 0 radical (unpaired) electrons. The number of amides is 4. The lowest BCUT2D eigenvalue weighted by atomic mass is 9.73. The van der Waals surface area contributed by atoms with Crippen LogP contribution in [-0.4, -0.2) is 41.9 Å². The van der Waals surface area contributed by atoms with Gasteiger partial charge in [-0.15, -0.1) is 0 Å². The zero-order valence-corrected chi connectivity index (χ0v) is 14.5. The summed E-state index contributed by atoms with van der Waals surface area (Å²) < 4.78 is 5.11. The van der Waals surface area contributed by atoms with Crippen LogP contribution in [0.3, 0.4) is 0 Å². The summed E-state index contributed by atoms with van der Waals surface area (Å²) in [5.41, 5.74) is -0.289. The second kappa shape index (κ2) is 6.74. The molecule has 2 aliphatic rings. The normalized spacial score (nSPS) is 25.8. The molecule has 2 N–H and O–H groups in total. The maximum atomic E-state index is 12.8. The van der Waals surface area contributed by atoms with Crippen molar-refractivity contribution >= 4 is 23.5 Å². The first-order valence-corrected chi connectivity index (χ1v) is 8.54. The number of carbonyl (C=O) groups is 3. The van der Waals surface area contributed by atoms with E-state index in [1.807, 2.05) is 6.92 Å². The second-order valence-corrected chi connectivity index (χ2v) is 6.72. The maximum absolute atomic E-state index is 12.8. The molecule has 1 aliphatic carbocycles. The predicted octanol–water partition coefficient (Wildman–Crippen LogP) is 2.13. The first-order valence-electron chi connectivity index (χ1n) is 8.54. The summed E-state index contributed by atoms with van der Waals surface area (Å²) in [5, 5.41) is 5.54. The molecule has 1 heterocycles. The van der Waals surface area contributed by atoms with Crippen molar-refractivity contribution in [1.82, 2.24) is 10.2 Å². The Bertz CT molecular complexity index is 705. The number of carbonyl (C=O) groups excluding carboxylic acids is 3. The lowest BCUT2D eigenvalue weighted by molar-refractivity contribution is -0.136. The smallest absolute Gasteiger partial charge is 0.325 e. The fraction of sp³-hybridized carbons (Fsp3) is 0.500. The topological polar surface area (TPSA) is 87.7 Å². The summed E-state index contributed by atoms with van der Waals surface area (Å²) in [6.45, 7) is 1.69. The quantitative estimate of drug-likeness (QED) is 0.819. The van der Waals surface area contributed by atoms with Crippen LogP contribution in [0.5, 0.6) is 5.75 Å². The number of nitrogens with zero attached hydrogens (tertiary/aromatic N) is 1. The number of methoxy groups -OCH3 is 1. The SMILES string of the molecule is COc1cccc(NC(=O)CN2C(=O)N[C@]3(CCCC[C@@H]3C)C2=O)c1. The molecule has 1 spiro atoms. The molecule has 1 saturated carbocycles.